The van der Waals surface area contributed by atoms with Gasteiger partial charge >= 0.3 is 0 Å². The summed E-state index contributed by atoms with van der Waals surface area (Å²) in [5.41, 5.74) is 8.92. The molecule has 6 nitrogen and oxygen atoms in total. The van der Waals surface area contributed by atoms with Crippen molar-refractivity contribution in [1.82, 2.24) is 20.2 Å². The predicted molar refractivity (Wildman–Crippen MR) is 79.2 cm³/mol. The molecule has 4 N–H and O–H groups in total. The van der Waals surface area contributed by atoms with Crippen molar-refractivity contribution in [2.75, 3.05) is 11.1 Å². The minimum absolute atomic E-state index is 0.230. The van der Waals surface area contributed by atoms with Gasteiger partial charge in [0.1, 0.15) is 5.82 Å². The van der Waals surface area contributed by atoms with Crippen molar-refractivity contribution in [3.05, 3.63) is 41.6 Å². The maximum absolute atomic E-state index is 5.70. The molecule has 0 aliphatic carbocycles. The summed E-state index contributed by atoms with van der Waals surface area (Å²) in [6, 6.07) is 8.35. The highest BCUT2D eigenvalue weighted by atomic mass is 15.2. The van der Waals surface area contributed by atoms with E-state index in [4.69, 9.17) is 5.73 Å². The fraction of sp³-hybridized carbons (Fsp3) is 0.214. The molecule has 2 aromatic heterocycles. The Bertz CT molecular complexity index is 733. The largest absolute Gasteiger partial charge is 0.368 e. The Balaban J connectivity index is 1.88. The van der Waals surface area contributed by atoms with Crippen LogP contribution < -0.4 is 11.1 Å². The van der Waals surface area contributed by atoms with E-state index in [0.29, 0.717) is 18.0 Å². The van der Waals surface area contributed by atoms with Crippen LogP contribution in [0.2, 0.25) is 0 Å². The van der Waals surface area contributed by atoms with Crippen molar-refractivity contribution in [2.24, 2.45) is 0 Å². The van der Waals surface area contributed by atoms with Crippen molar-refractivity contribution in [3.8, 4) is 0 Å². The van der Waals surface area contributed by atoms with Crippen LogP contribution in [0.15, 0.2) is 30.5 Å². The Hall–Kier alpha value is -2.63. The Morgan fingerprint density at radius 3 is 2.80 bits per heavy atom. The van der Waals surface area contributed by atoms with Gasteiger partial charge in [0.2, 0.25) is 5.95 Å². The minimum atomic E-state index is 0.230. The van der Waals surface area contributed by atoms with Gasteiger partial charge in [-0.1, -0.05) is 31.2 Å². The van der Waals surface area contributed by atoms with Crippen molar-refractivity contribution in [3.63, 3.8) is 0 Å². The molecule has 0 aliphatic rings. The number of fused-ring (bicyclic) bond motifs is 1. The van der Waals surface area contributed by atoms with Crippen LogP contribution in [0.3, 0.4) is 0 Å². The number of H-pyrrole nitrogens is 1. The molecule has 102 valence electrons. The zero-order chi connectivity index (χ0) is 13.9. The van der Waals surface area contributed by atoms with Gasteiger partial charge in [0.15, 0.2) is 5.65 Å². The molecule has 0 bridgehead atoms. The van der Waals surface area contributed by atoms with Crippen LogP contribution in [-0.2, 0) is 13.0 Å². The normalized spacial score (nSPS) is 10.8. The monoisotopic (exact) mass is 268 g/mol. The summed E-state index contributed by atoms with van der Waals surface area (Å²) in [7, 11) is 0. The van der Waals surface area contributed by atoms with E-state index in [1.165, 1.54) is 11.1 Å². The molecule has 1 aromatic carbocycles. The molecule has 0 unspecified atom stereocenters. The summed E-state index contributed by atoms with van der Waals surface area (Å²) in [5.74, 6) is 0.931. The molecular formula is C14H16N6. The van der Waals surface area contributed by atoms with Gasteiger partial charge in [0, 0.05) is 6.54 Å². The highest BCUT2D eigenvalue weighted by Crippen LogP contribution is 2.20. The molecule has 3 aromatic rings. The van der Waals surface area contributed by atoms with Gasteiger partial charge in [-0.2, -0.15) is 15.1 Å². The number of rotatable bonds is 4. The Labute approximate surface area is 116 Å². The van der Waals surface area contributed by atoms with Crippen molar-refractivity contribution >= 4 is 22.8 Å². The summed E-state index contributed by atoms with van der Waals surface area (Å²) >= 11 is 0. The van der Waals surface area contributed by atoms with Crippen LogP contribution in [0.5, 0.6) is 0 Å². The van der Waals surface area contributed by atoms with Gasteiger partial charge in [-0.05, 0) is 17.5 Å². The summed E-state index contributed by atoms with van der Waals surface area (Å²) in [5, 5.41) is 10.9. The fourth-order valence-electron chi connectivity index (χ4n) is 2.24. The quantitative estimate of drug-likeness (QED) is 0.674. The maximum atomic E-state index is 5.70. The number of anilines is 2. The molecule has 6 heteroatoms. The number of nitrogen functional groups attached to an aromatic ring is 1. The highest BCUT2D eigenvalue weighted by Gasteiger charge is 2.08. The number of nitrogens with zero attached hydrogens (tertiary/aromatic N) is 3. The minimum Gasteiger partial charge on any atom is -0.368 e. The first-order valence-corrected chi connectivity index (χ1v) is 6.55. The van der Waals surface area contributed by atoms with Gasteiger partial charge in [-0.3, -0.25) is 5.10 Å². The van der Waals surface area contributed by atoms with Crippen LogP contribution in [-0.4, -0.2) is 20.2 Å². The van der Waals surface area contributed by atoms with Crippen molar-refractivity contribution < 1.29 is 0 Å². The summed E-state index contributed by atoms with van der Waals surface area (Å²) in [6.45, 7) is 2.84. The number of aryl methyl sites for hydroxylation is 1. The van der Waals surface area contributed by atoms with Crippen LogP contribution in [0.25, 0.3) is 11.0 Å². The van der Waals surface area contributed by atoms with E-state index in [9.17, 15) is 0 Å². The molecule has 0 aliphatic heterocycles. The standard InChI is InChI=1S/C14H16N6/c1-2-9-5-3-4-6-10(9)7-16-12-11-8-17-20-13(11)19-14(15)18-12/h3-6,8H,2,7H2,1H3,(H4,15,16,17,18,19,20). The molecule has 0 spiro atoms. The number of nitrogens with two attached hydrogens (primary N) is 1. The molecule has 20 heavy (non-hydrogen) atoms. The topological polar surface area (TPSA) is 92.5 Å². The van der Waals surface area contributed by atoms with Crippen LogP contribution >= 0.6 is 0 Å². The summed E-state index contributed by atoms with van der Waals surface area (Å²) in [4.78, 5) is 8.33. The van der Waals surface area contributed by atoms with E-state index in [-0.39, 0.29) is 5.95 Å². The van der Waals surface area contributed by atoms with Crippen LogP contribution in [0.1, 0.15) is 18.1 Å². The molecule has 0 amide bonds. The predicted octanol–water partition coefficient (Wildman–Crippen LogP) is 2.11. The first-order chi connectivity index (χ1) is 9.78. The molecule has 2 heterocycles. The van der Waals surface area contributed by atoms with Gasteiger partial charge in [0.25, 0.3) is 0 Å². The van der Waals surface area contributed by atoms with Gasteiger partial charge in [0.05, 0.1) is 11.6 Å². The number of aromatic amines is 1. The number of benzene rings is 1. The lowest BCUT2D eigenvalue weighted by atomic mass is 10.1. The first kappa shape index (κ1) is 12.4. The van der Waals surface area contributed by atoms with Crippen molar-refractivity contribution in [2.45, 2.75) is 19.9 Å². The maximum Gasteiger partial charge on any atom is 0.224 e. The van der Waals surface area contributed by atoms with E-state index in [0.717, 1.165) is 11.8 Å². The summed E-state index contributed by atoms with van der Waals surface area (Å²) in [6.07, 6.45) is 2.70. The lowest BCUT2D eigenvalue weighted by Gasteiger charge is -2.10. The molecular weight excluding hydrogens is 252 g/mol. The average Bonchev–Trinajstić information content (AvgIpc) is 2.93. The third-order valence-corrected chi connectivity index (χ3v) is 3.27. The SMILES string of the molecule is CCc1ccccc1CNc1nc(N)nc2[nH]ncc12. The third kappa shape index (κ3) is 2.27. The smallest absolute Gasteiger partial charge is 0.224 e. The van der Waals surface area contributed by atoms with E-state index in [1.54, 1.807) is 6.20 Å². The molecule has 0 saturated heterocycles. The van der Waals surface area contributed by atoms with E-state index < -0.39 is 0 Å². The lowest BCUT2D eigenvalue weighted by molar-refractivity contribution is 1.03. The molecule has 0 radical (unpaired) electrons. The number of nitrogens with one attached hydrogen (secondary N) is 2. The molecule has 0 atom stereocenters. The van der Waals surface area contributed by atoms with E-state index >= 15 is 0 Å². The van der Waals surface area contributed by atoms with Crippen LogP contribution in [0, 0.1) is 0 Å². The highest BCUT2D eigenvalue weighted by molar-refractivity contribution is 5.86. The van der Waals surface area contributed by atoms with Crippen LogP contribution in [0.4, 0.5) is 11.8 Å². The third-order valence-electron chi connectivity index (χ3n) is 3.27. The zero-order valence-corrected chi connectivity index (χ0v) is 11.2. The second-order valence-electron chi connectivity index (χ2n) is 4.54. The second-order valence-corrected chi connectivity index (χ2v) is 4.54. The molecule has 3 rings (SSSR count). The number of hydrogen-bond acceptors (Lipinski definition) is 5. The van der Waals surface area contributed by atoms with E-state index in [2.05, 4.69) is 50.6 Å². The molecule has 0 saturated carbocycles. The fourth-order valence-corrected chi connectivity index (χ4v) is 2.24. The van der Waals surface area contributed by atoms with Crippen molar-refractivity contribution in [1.29, 1.82) is 0 Å². The number of hydrogen-bond donors (Lipinski definition) is 3. The Morgan fingerprint density at radius 1 is 1.20 bits per heavy atom. The van der Waals surface area contributed by atoms with Gasteiger partial charge in [-0.25, -0.2) is 0 Å². The van der Waals surface area contributed by atoms with Gasteiger partial charge in [-0.15, -0.1) is 0 Å². The second kappa shape index (κ2) is 5.16. The Kier molecular flexibility index (Phi) is 3.20. The summed E-state index contributed by atoms with van der Waals surface area (Å²) < 4.78 is 0. The average molecular weight is 268 g/mol. The zero-order valence-electron chi connectivity index (χ0n) is 11.2. The number of aromatic nitrogens is 4. The van der Waals surface area contributed by atoms with E-state index in [1.807, 2.05) is 6.07 Å². The lowest BCUT2D eigenvalue weighted by Crippen LogP contribution is -2.06. The van der Waals surface area contributed by atoms with Gasteiger partial charge < -0.3 is 11.1 Å². The first-order valence-electron chi connectivity index (χ1n) is 6.55. The Morgan fingerprint density at radius 2 is 2.00 bits per heavy atom. The molecule has 0 fully saturated rings.